The molecule has 0 spiro atoms. The van der Waals surface area contributed by atoms with Gasteiger partial charge in [0.05, 0.1) is 12.2 Å². The van der Waals surface area contributed by atoms with Crippen molar-refractivity contribution in [3.8, 4) is 0 Å². The number of thiophene rings is 1. The van der Waals surface area contributed by atoms with Crippen molar-refractivity contribution < 1.29 is 0 Å². The Hall–Kier alpha value is -1.82. The van der Waals surface area contributed by atoms with Gasteiger partial charge < -0.3 is 10.6 Å². The smallest absolute Gasteiger partial charge is 0.191 e. The summed E-state index contributed by atoms with van der Waals surface area (Å²) >= 11 is 1.77. The molecule has 2 N–H and O–H groups in total. The lowest BCUT2D eigenvalue weighted by Crippen LogP contribution is -2.42. The zero-order valence-corrected chi connectivity index (χ0v) is 15.7. The molecule has 2 rings (SSSR count). The number of nitrogens with one attached hydrogen (secondary N) is 2. The second-order valence-corrected chi connectivity index (χ2v) is 6.98. The van der Waals surface area contributed by atoms with E-state index in [9.17, 15) is 0 Å². The van der Waals surface area contributed by atoms with Gasteiger partial charge in [0.15, 0.2) is 5.96 Å². The number of aliphatic imine (C=N–C) groups is 1. The molecule has 2 heterocycles. The zero-order valence-electron chi connectivity index (χ0n) is 14.9. The van der Waals surface area contributed by atoms with Crippen molar-refractivity contribution in [1.82, 2.24) is 20.4 Å². The molecule has 1 unspecified atom stereocenters. The molecule has 2 aromatic rings. The van der Waals surface area contributed by atoms with E-state index in [1.807, 2.05) is 18.8 Å². The fourth-order valence-corrected chi connectivity index (χ4v) is 3.49. The minimum absolute atomic E-state index is 0.284. The van der Waals surface area contributed by atoms with E-state index in [-0.39, 0.29) is 6.04 Å². The van der Waals surface area contributed by atoms with Gasteiger partial charge in [-0.3, -0.25) is 9.67 Å². The van der Waals surface area contributed by atoms with Crippen LogP contribution in [0.4, 0.5) is 0 Å². The molecule has 0 aliphatic carbocycles. The van der Waals surface area contributed by atoms with Crippen molar-refractivity contribution in [1.29, 1.82) is 0 Å². The normalized spacial score (nSPS) is 13.2. The maximum absolute atomic E-state index is 4.49. The fourth-order valence-electron chi connectivity index (χ4n) is 2.65. The van der Waals surface area contributed by atoms with Gasteiger partial charge in [-0.1, -0.05) is 0 Å². The van der Waals surface area contributed by atoms with Crippen molar-refractivity contribution in [2.75, 3.05) is 7.05 Å². The molecule has 6 heteroatoms. The Balaban J connectivity index is 1.92. The lowest BCUT2D eigenvalue weighted by molar-refractivity contribution is 0.636. The van der Waals surface area contributed by atoms with Crippen molar-refractivity contribution in [2.45, 2.75) is 46.7 Å². The van der Waals surface area contributed by atoms with Crippen LogP contribution in [-0.2, 0) is 20.0 Å². The molecule has 2 aromatic heterocycles. The van der Waals surface area contributed by atoms with E-state index in [0.29, 0.717) is 0 Å². The topological polar surface area (TPSA) is 54.2 Å². The molecule has 1 atom stereocenters. The Morgan fingerprint density at radius 1 is 1.39 bits per heavy atom. The summed E-state index contributed by atoms with van der Waals surface area (Å²) in [7, 11) is 3.80. The predicted molar refractivity (Wildman–Crippen MR) is 98.2 cm³/mol. The molecule has 0 amide bonds. The Morgan fingerprint density at radius 3 is 2.65 bits per heavy atom. The van der Waals surface area contributed by atoms with Crippen LogP contribution in [-0.4, -0.2) is 28.8 Å². The molecule has 0 fully saturated rings. The molecule has 23 heavy (non-hydrogen) atoms. The first kappa shape index (κ1) is 17.5. The minimum atomic E-state index is 0.284. The first-order valence-corrected chi connectivity index (χ1v) is 8.79. The van der Waals surface area contributed by atoms with Gasteiger partial charge in [-0.05, 0) is 56.7 Å². The van der Waals surface area contributed by atoms with E-state index < -0.39 is 0 Å². The predicted octanol–water partition coefficient (Wildman–Crippen LogP) is 2.70. The zero-order chi connectivity index (χ0) is 17.0. The molecule has 5 nitrogen and oxygen atoms in total. The molecule has 0 saturated carbocycles. The molecule has 0 aromatic carbocycles. The summed E-state index contributed by atoms with van der Waals surface area (Å²) in [6.45, 7) is 9.31. The van der Waals surface area contributed by atoms with E-state index in [4.69, 9.17) is 0 Å². The summed E-state index contributed by atoms with van der Waals surface area (Å²) in [6.07, 6.45) is 0.935. The van der Waals surface area contributed by atoms with Gasteiger partial charge >= 0.3 is 0 Å². The summed E-state index contributed by atoms with van der Waals surface area (Å²) in [5, 5.41) is 13.5. The first-order chi connectivity index (χ1) is 10.9. The van der Waals surface area contributed by atoms with Gasteiger partial charge in [0, 0.05) is 30.7 Å². The highest BCUT2D eigenvalue weighted by Crippen LogP contribution is 2.15. The van der Waals surface area contributed by atoms with Gasteiger partial charge in [-0.15, -0.1) is 11.3 Å². The third kappa shape index (κ3) is 4.34. The van der Waals surface area contributed by atoms with E-state index in [0.717, 1.165) is 24.6 Å². The Bertz CT molecular complexity index is 683. The van der Waals surface area contributed by atoms with Crippen molar-refractivity contribution in [2.24, 2.45) is 12.0 Å². The quantitative estimate of drug-likeness (QED) is 0.653. The third-order valence-corrected chi connectivity index (χ3v) is 5.18. The molecule has 0 saturated heterocycles. The highest BCUT2D eigenvalue weighted by molar-refractivity contribution is 7.10. The summed E-state index contributed by atoms with van der Waals surface area (Å²) in [4.78, 5) is 5.67. The van der Waals surface area contributed by atoms with Crippen LogP contribution in [0.15, 0.2) is 16.4 Å². The van der Waals surface area contributed by atoms with Crippen molar-refractivity contribution >= 4 is 17.3 Å². The van der Waals surface area contributed by atoms with Crippen LogP contribution < -0.4 is 10.6 Å². The fraction of sp³-hybridized carbons (Fsp3) is 0.529. The molecule has 0 radical (unpaired) electrons. The Kier molecular flexibility index (Phi) is 5.82. The van der Waals surface area contributed by atoms with Crippen LogP contribution >= 0.6 is 11.3 Å². The summed E-state index contributed by atoms with van der Waals surface area (Å²) in [5.41, 5.74) is 4.98. The lowest BCUT2D eigenvalue weighted by Gasteiger charge is -2.18. The summed E-state index contributed by atoms with van der Waals surface area (Å²) in [5.74, 6) is 0.837. The number of guanidine groups is 1. The monoisotopic (exact) mass is 333 g/mol. The van der Waals surface area contributed by atoms with Crippen LogP contribution in [0.1, 0.15) is 34.3 Å². The summed E-state index contributed by atoms with van der Waals surface area (Å²) in [6, 6.07) is 2.43. The van der Waals surface area contributed by atoms with Crippen molar-refractivity contribution in [3.05, 3.63) is 38.8 Å². The number of hydrogen-bond donors (Lipinski definition) is 2. The highest BCUT2D eigenvalue weighted by Gasteiger charge is 2.14. The summed E-state index contributed by atoms with van der Waals surface area (Å²) < 4.78 is 1.95. The Labute approximate surface area is 142 Å². The van der Waals surface area contributed by atoms with Crippen LogP contribution in [0, 0.1) is 20.8 Å². The molecule has 0 bridgehead atoms. The van der Waals surface area contributed by atoms with Gasteiger partial charge in [-0.25, -0.2) is 0 Å². The van der Waals surface area contributed by atoms with Gasteiger partial charge in [0.2, 0.25) is 0 Å². The van der Waals surface area contributed by atoms with Gasteiger partial charge in [0.1, 0.15) is 0 Å². The van der Waals surface area contributed by atoms with E-state index in [2.05, 4.69) is 59.9 Å². The third-order valence-electron chi connectivity index (χ3n) is 4.16. The van der Waals surface area contributed by atoms with Crippen LogP contribution in [0.25, 0.3) is 0 Å². The van der Waals surface area contributed by atoms with E-state index in [1.54, 1.807) is 11.3 Å². The Morgan fingerprint density at radius 2 is 2.13 bits per heavy atom. The maximum atomic E-state index is 4.49. The highest BCUT2D eigenvalue weighted by atomic mass is 32.1. The molecular weight excluding hydrogens is 306 g/mol. The van der Waals surface area contributed by atoms with Crippen molar-refractivity contribution in [3.63, 3.8) is 0 Å². The average molecular weight is 334 g/mol. The molecule has 0 aliphatic heterocycles. The number of nitrogens with zero attached hydrogens (tertiary/aromatic N) is 3. The lowest BCUT2D eigenvalue weighted by atomic mass is 10.1. The average Bonchev–Trinajstić information content (AvgIpc) is 3.02. The van der Waals surface area contributed by atoms with E-state index >= 15 is 0 Å². The SMILES string of the molecule is CN=C(NCc1sccc1C)NC(C)Cc1c(C)nn(C)c1C. The van der Waals surface area contributed by atoms with Crippen LogP contribution in [0.3, 0.4) is 0 Å². The van der Waals surface area contributed by atoms with Gasteiger partial charge in [-0.2, -0.15) is 5.10 Å². The van der Waals surface area contributed by atoms with Gasteiger partial charge in [0.25, 0.3) is 0 Å². The molecule has 0 aliphatic rings. The van der Waals surface area contributed by atoms with Crippen LogP contribution in [0.2, 0.25) is 0 Å². The largest absolute Gasteiger partial charge is 0.354 e. The van der Waals surface area contributed by atoms with E-state index in [1.165, 1.54) is 21.7 Å². The first-order valence-electron chi connectivity index (χ1n) is 7.91. The molecule has 126 valence electrons. The van der Waals surface area contributed by atoms with Crippen LogP contribution in [0.5, 0.6) is 0 Å². The number of aromatic nitrogens is 2. The molecular formula is C17H27N5S. The standard InChI is InChI=1S/C17H27N5S/c1-11-7-8-23-16(11)10-19-17(18-5)20-12(2)9-15-13(3)21-22(6)14(15)4/h7-8,12H,9-10H2,1-6H3,(H2,18,19,20). The second kappa shape index (κ2) is 7.64. The number of hydrogen-bond acceptors (Lipinski definition) is 3. The number of rotatable bonds is 5. The second-order valence-electron chi connectivity index (χ2n) is 5.98. The number of aryl methyl sites for hydroxylation is 3. The maximum Gasteiger partial charge on any atom is 0.191 e. The minimum Gasteiger partial charge on any atom is -0.354 e.